The van der Waals surface area contributed by atoms with Crippen LogP contribution < -0.4 is 4.72 Å². The number of hydrogen-bond acceptors (Lipinski definition) is 3. The molecule has 0 radical (unpaired) electrons. The zero-order valence-electron chi connectivity index (χ0n) is 15.5. The first-order chi connectivity index (χ1) is 14.0. The molecule has 6 heteroatoms. The molecule has 3 aromatic rings. The highest BCUT2D eigenvalue weighted by Crippen LogP contribution is 2.25. The maximum Gasteiger partial charge on any atom is 0.255 e. The number of anilines is 1. The van der Waals surface area contributed by atoms with Gasteiger partial charge in [0.05, 0.1) is 11.1 Å². The number of hydrogen-bond donors (Lipinski definition) is 1. The predicted octanol–water partition coefficient (Wildman–Crippen LogP) is 5.15. The SMILES string of the molecule is O=S(=O)(C=Cc1ccccc1)Nc1ccc(C2=NCCc3ccc(Cl)cc32)cc1. The topological polar surface area (TPSA) is 58.5 Å². The van der Waals surface area contributed by atoms with E-state index in [9.17, 15) is 8.42 Å². The minimum atomic E-state index is -3.60. The van der Waals surface area contributed by atoms with Crippen molar-refractivity contribution in [2.24, 2.45) is 4.99 Å². The van der Waals surface area contributed by atoms with Gasteiger partial charge in [-0.1, -0.05) is 60.1 Å². The molecule has 4 rings (SSSR count). The summed E-state index contributed by atoms with van der Waals surface area (Å²) in [4.78, 5) is 4.66. The summed E-state index contributed by atoms with van der Waals surface area (Å²) >= 11 is 6.16. The first kappa shape index (κ1) is 19.4. The molecule has 0 unspecified atom stereocenters. The largest absolute Gasteiger partial charge is 0.284 e. The number of benzene rings is 3. The Morgan fingerprint density at radius 2 is 1.72 bits per heavy atom. The van der Waals surface area contributed by atoms with Gasteiger partial charge in [-0.05, 0) is 47.9 Å². The first-order valence-corrected chi connectivity index (χ1v) is 11.1. The van der Waals surface area contributed by atoms with Gasteiger partial charge in [0.1, 0.15) is 0 Å². The number of nitrogens with zero attached hydrogens (tertiary/aromatic N) is 1. The van der Waals surface area contributed by atoms with Crippen LogP contribution in [0.3, 0.4) is 0 Å². The maximum atomic E-state index is 12.3. The molecule has 0 aromatic heterocycles. The molecule has 0 spiro atoms. The van der Waals surface area contributed by atoms with Crippen molar-refractivity contribution in [1.29, 1.82) is 0 Å². The number of sulfonamides is 1. The van der Waals surface area contributed by atoms with E-state index >= 15 is 0 Å². The maximum absolute atomic E-state index is 12.3. The number of aliphatic imine (C=N–C) groups is 1. The molecular weight excluding hydrogens is 404 g/mol. The Hall–Kier alpha value is -2.89. The zero-order valence-corrected chi connectivity index (χ0v) is 17.1. The van der Waals surface area contributed by atoms with E-state index in [1.54, 1.807) is 18.2 Å². The van der Waals surface area contributed by atoms with E-state index in [4.69, 9.17) is 11.6 Å². The Morgan fingerprint density at radius 3 is 2.48 bits per heavy atom. The molecule has 0 amide bonds. The molecule has 4 nitrogen and oxygen atoms in total. The van der Waals surface area contributed by atoms with E-state index in [1.165, 1.54) is 11.0 Å². The van der Waals surface area contributed by atoms with E-state index in [-0.39, 0.29) is 0 Å². The van der Waals surface area contributed by atoms with Crippen LogP contribution in [0.2, 0.25) is 5.02 Å². The fraction of sp³-hybridized carbons (Fsp3) is 0.0870. The van der Waals surface area contributed by atoms with E-state index in [0.29, 0.717) is 10.7 Å². The van der Waals surface area contributed by atoms with Crippen molar-refractivity contribution in [1.82, 2.24) is 0 Å². The summed E-state index contributed by atoms with van der Waals surface area (Å²) < 4.78 is 27.2. The lowest BCUT2D eigenvalue weighted by atomic mass is 9.93. The number of nitrogens with one attached hydrogen (secondary N) is 1. The van der Waals surface area contributed by atoms with Crippen LogP contribution in [0.15, 0.2) is 83.2 Å². The van der Waals surface area contributed by atoms with Crippen LogP contribution in [0, 0.1) is 0 Å². The van der Waals surface area contributed by atoms with Gasteiger partial charge < -0.3 is 0 Å². The van der Waals surface area contributed by atoms with Crippen LogP contribution in [-0.4, -0.2) is 20.7 Å². The normalized spacial score (nSPS) is 13.8. The molecule has 0 saturated heterocycles. The summed E-state index contributed by atoms with van der Waals surface area (Å²) in [5.74, 6) is 0. The quantitative estimate of drug-likeness (QED) is 0.618. The molecule has 3 aromatic carbocycles. The van der Waals surface area contributed by atoms with Crippen LogP contribution in [0.25, 0.3) is 6.08 Å². The third-order valence-corrected chi connectivity index (χ3v) is 5.89. The van der Waals surface area contributed by atoms with E-state index in [2.05, 4.69) is 9.71 Å². The second-order valence-electron chi connectivity index (χ2n) is 6.72. The molecule has 29 heavy (non-hydrogen) atoms. The van der Waals surface area contributed by atoms with Crippen molar-refractivity contribution >= 4 is 39.1 Å². The van der Waals surface area contributed by atoms with Crippen LogP contribution in [0.5, 0.6) is 0 Å². The number of rotatable bonds is 5. The van der Waals surface area contributed by atoms with Gasteiger partial charge in [0, 0.05) is 28.4 Å². The first-order valence-electron chi connectivity index (χ1n) is 9.20. The lowest BCUT2D eigenvalue weighted by Gasteiger charge is -2.17. The number of halogens is 1. The molecule has 0 saturated carbocycles. The Labute approximate surface area is 175 Å². The molecule has 0 atom stereocenters. The molecule has 1 aliphatic rings. The van der Waals surface area contributed by atoms with E-state index in [0.717, 1.165) is 35.4 Å². The van der Waals surface area contributed by atoms with Crippen molar-refractivity contribution in [3.8, 4) is 0 Å². The van der Waals surface area contributed by atoms with Gasteiger partial charge >= 0.3 is 0 Å². The summed E-state index contributed by atoms with van der Waals surface area (Å²) in [5, 5.41) is 1.84. The molecule has 0 aliphatic carbocycles. The lowest BCUT2D eigenvalue weighted by Crippen LogP contribution is -2.14. The van der Waals surface area contributed by atoms with Crippen LogP contribution in [0.4, 0.5) is 5.69 Å². The highest BCUT2D eigenvalue weighted by Gasteiger charge is 2.16. The highest BCUT2D eigenvalue weighted by molar-refractivity contribution is 7.95. The van der Waals surface area contributed by atoms with Crippen LogP contribution >= 0.6 is 11.6 Å². The highest BCUT2D eigenvalue weighted by atomic mass is 35.5. The second-order valence-corrected chi connectivity index (χ2v) is 8.72. The van der Waals surface area contributed by atoms with Crippen molar-refractivity contribution < 1.29 is 8.42 Å². The third kappa shape index (κ3) is 4.75. The van der Waals surface area contributed by atoms with Gasteiger partial charge in [0.25, 0.3) is 10.0 Å². The second kappa shape index (κ2) is 8.23. The Bertz CT molecular complexity index is 1190. The molecule has 1 heterocycles. The van der Waals surface area contributed by atoms with E-state index < -0.39 is 10.0 Å². The molecular formula is C23H19ClN2O2S. The van der Waals surface area contributed by atoms with Gasteiger partial charge in [-0.2, -0.15) is 0 Å². The molecule has 1 aliphatic heterocycles. The summed E-state index contributed by atoms with van der Waals surface area (Å²) in [7, 11) is -3.60. The standard InChI is InChI=1S/C23H19ClN2O2S/c24-20-9-6-18-12-14-25-23(22(18)16-20)19-7-10-21(11-8-19)26-29(27,28)15-13-17-4-2-1-3-5-17/h1-11,13,15-16,26H,12,14H2. The molecule has 0 bridgehead atoms. The van der Waals surface area contributed by atoms with Gasteiger partial charge in [0.15, 0.2) is 0 Å². The van der Waals surface area contributed by atoms with Crippen LogP contribution in [-0.2, 0) is 16.4 Å². The predicted molar refractivity (Wildman–Crippen MR) is 120 cm³/mol. The Morgan fingerprint density at radius 1 is 0.966 bits per heavy atom. The average Bonchev–Trinajstić information content (AvgIpc) is 2.73. The van der Waals surface area contributed by atoms with Crippen molar-refractivity contribution in [3.63, 3.8) is 0 Å². The monoisotopic (exact) mass is 422 g/mol. The minimum Gasteiger partial charge on any atom is -0.284 e. The van der Waals surface area contributed by atoms with Gasteiger partial charge in [-0.3, -0.25) is 9.71 Å². The van der Waals surface area contributed by atoms with Gasteiger partial charge in [-0.15, -0.1) is 0 Å². The summed E-state index contributed by atoms with van der Waals surface area (Å²) in [6.45, 7) is 0.725. The average molecular weight is 423 g/mol. The minimum absolute atomic E-state index is 0.495. The third-order valence-electron chi connectivity index (χ3n) is 4.64. The van der Waals surface area contributed by atoms with E-state index in [1.807, 2.05) is 60.7 Å². The zero-order chi connectivity index (χ0) is 20.3. The van der Waals surface area contributed by atoms with Crippen molar-refractivity contribution in [2.45, 2.75) is 6.42 Å². The Balaban J connectivity index is 1.52. The summed E-state index contributed by atoms with van der Waals surface area (Å²) in [5.41, 5.74) is 5.37. The molecule has 146 valence electrons. The van der Waals surface area contributed by atoms with Gasteiger partial charge in [0.2, 0.25) is 0 Å². The Kier molecular flexibility index (Phi) is 5.51. The fourth-order valence-corrected chi connectivity index (χ4v) is 4.28. The van der Waals surface area contributed by atoms with Crippen molar-refractivity contribution in [3.05, 3.63) is 105 Å². The fourth-order valence-electron chi connectivity index (χ4n) is 3.23. The molecule has 0 fully saturated rings. The summed E-state index contributed by atoms with van der Waals surface area (Å²) in [6, 6.07) is 22.4. The van der Waals surface area contributed by atoms with Crippen molar-refractivity contribution in [2.75, 3.05) is 11.3 Å². The smallest absolute Gasteiger partial charge is 0.255 e. The summed E-state index contributed by atoms with van der Waals surface area (Å²) in [6.07, 6.45) is 2.45. The van der Waals surface area contributed by atoms with Crippen LogP contribution in [0.1, 0.15) is 22.3 Å². The lowest BCUT2D eigenvalue weighted by molar-refractivity contribution is 0.609. The van der Waals surface area contributed by atoms with Gasteiger partial charge in [-0.25, -0.2) is 8.42 Å². The number of fused-ring (bicyclic) bond motifs is 1. The molecule has 1 N–H and O–H groups in total.